The molecule has 0 radical (unpaired) electrons. The summed E-state index contributed by atoms with van der Waals surface area (Å²) in [6.45, 7) is 7.64. The second kappa shape index (κ2) is 42.7. The Morgan fingerprint density at radius 1 is 0.729 bits per heavy atom. The van der Waals surface area contributed by atoms with Gasteiger partial charge < -0.3 is 83.6 Å². The Balaban J connectivity index is 1.86. The summed E-state index contributed by atoms with van der Waals surface area (Å²) in [5, 5.41) is 44.9. The molecule has 0 spiro atoms. The van der Waals surface area contributed by atoms with Gasteiger partial charge in [0.1, 0.15) is 72.9 Å². The fraction of sp³-hybridized carbons (Fsp3) is 0.677. The van der Waals surface area contributed by atoms with Crippen molar-refractivity contribution in [2.45, 2.75) is 203 Å². The highest BCUT2D eigenvalue weighted by Gasteiger charge is 2.41. The van der Waals surface area contributed by atoms with Gasteiger partial charge in [-0.2, -0.15) is 28.4 Å². The van der Waals surface area contributed by atoms with E-state index in [0.717, 1.165) is 38.0 Å². The minimum absolute atomic E-state index is 0.0391. The molecule has 1 aromatic carbocycles. The van der Waals surface area contributed by atoms with Crippen molar-refractivity contribution in [3.8, 4) is 5.75 Å². The lowest BCUT2D eigenvalue weighted by Gasteiger charge is -2.31. The van der Waals surface area contributed by atoms with Gasteiger partial charge in [0.25, 0.3) is 5.91 Å². The van der Waals surface area contributed by atoms with Crippen LogP contribution in [0.4, 0.5) is 0 Å². The Kier molecular flexibility index (Phi) is 35.8. The molecular formula is C62H97N13O19S2. The zero-order valence-corrected chi connectivity index (χ0v) is 57.1. The maximum atomic E-state index is 15.1. The molecule has 0 saturated carbocycles. The zero-order valence-electron chi connectivity index (χ0n) is 55.5. The third-order valence-electron chi connectivity index (χ3n) is 15.5. The predicted molar refractivity (Wildman–Crippen MR) is 352 cm³/mol. The van der Waals surface area contributed by atoms with Gasteiger partial charge in [0.2, 0.25) is 59.1 Å². The number of benzene rings is 1. The minimum Gasteiger partial charge on any atom is -0.494 e. The number of amides is 11. The van der Waals surface area contributed by atoms with Crippen LogP contribution in [0.5, 0.6) is 5.75 Å². The van der Waals surface area contributed by atoms with Gasteiger partial charge in [0.05, 0.1) is 32.8 Å². The van der Waals surface area contributed by atoms with E-state index < -0.39 is 163 Å². The van der Waals surface area contributed by atoms with Crippen LogP contribution in [0, 0.1) is 5.92 Å². The van der Waals surface area contributed by atoms with Gasteiger partial charge in [-0.25, -0.2) is 4.79 Å². The van der Waals surface area contributed by atoms with E-state index in [4.69, 9.17) is 21.0 Å². The van der Waals surface area contributed by atoms with Gasteiger partial charge in [-0.15, -0.1) is 0 Å². The normalized spacial score (nSPS) is 25.3. The van der Waals surface area contributed by atoms with E-state index in [0.29, 0.717) is 75.0 Å². The van der Waals surface area contributed by atoms with Gasteiger partial charge in [-0.3, -0.25) is 62.4 Å². The molecule has 3 heterocycles. The average molecular weight is 1390 g/mol. The highest BCUT2D eigenvalue weighted by atomic mass is 32.2. The number of primary amides is 1. The largest absolute Gasteiger partial charge is 0.494 e. The number of hydrogen-bond acceptors (Lipinski definition) is 22. The topological polar surface area (TPSA) is 466 Å². The van der Waals surface area contributed by atoms with Crippen LogP contribution < -0.4 is 58.7 Å². The van der Waals surface area contributed by atoms with Crippen molar-refractivity contribution in [3.05, 3.63) is 29.3 Å². The molecule has 14 N–H and O–H groups in total. The molecule has 4 rings (SSSR count). The summed E-state index contributed by atoms with van der Waals surface area (Å²) in [7, 11) is 1.01. The number of rotatable bonds is 17. The van der Waals surface area contributed by atoms with Crippen molar-refractivity contribution in [2.24, 2.45) is 22.5 Å². The summed E-state index contributed by atoms with van der Waals surface area (Å²) < 4.78 is 6.26. The maximum Gasteiger partial charge on any atom is 0.344 e. The summed E-state index contributed by atoms with van der Waals surface area (Å²) in [5.74, 6) is -12.0. The van der Waals surface area contributed by atoms with Gasteiger partial charge in [0, 0.05) is 42.5 Å². The monoisotopic (exact) mass is 1390 g/mol. The first-order valence-corrected chi connectivity index (χ1v) is 34.8. The lowest BCUT2D eigenvalue weighted by Crippen LogP contribution is -2.61. The second-order valence-corrected chi connectivity index (χ2v) is 26.2. The lowest BCUT2D eigenvalue weighted by atomic mass is 10.0. The van der Waals surface area contributed by atoms with Gasteiger partial charge >= 0.3 is 11.9 Å². The number of nitrogens with one attached hydrogen (secondary N) is 8. The van der Waals surface area contributed by atoms with Crippen molar-refractivity contribution in [1.82, 2.24) is 52.3 Å². The number of aliphatic hydroxyl groups excluding tert-OH is 1. The third kappa shape index (κ3) is 28.5. The molecule has 1 fully saturated rings. The molecule has 0 aliphatic carbocycles. The molecule has 0 unspecified atom stereocenters. The lowest BCUT2D eigenvalue weighted by molar-refractivity contribution is -0.255. The second-order valence-electron chi connectivity index (χ2n) is 24.1. The SMILES string of the molecule is CCCCN1CC(=O)N[C@@H](C)C(=O)N[C@@H](CCC(=O)O)C(=O)N[C@H](C(N)=O)CSCc2cc3cc(c2)OCCCCCCO/N=C/C(=O)N[C@@H](CCCCN)C(=O)N[C@@H](CSC3)C(=O)N2CCC[C@H]2C(=O)N[C@@H](CC(C)C)C(=O)N[C@@H](CC(=O)OOC)C(=O)N[C@@H]([C@@H](C)O)C1=O. The highest BCUT2D eigenvalue weighted by Crippen LogP contribution is 2.27. The van der Waals surface area contributed by atoms with Crippen molar-refractivity contribution in [1.29, 1.82) is 0 Å². The van der Waals surface area contributed by atoms with Crippen LogP contribution in [-0.4, -0.2) is 222 Å². The highest BCUT2D eigenvalue weighted by molar-refractivity contribution is 7.98. The van der Waals surface area contributed by atoms with E-state index >= 15 is 4.79 Å². The summed E-state index contributed by atoms with van der Waals surface area (Å²) >= 11 is 2.45. The molecule has 34 heteroatoms. The number of thioether (sulfide) groups is 2. The molecule has 11 amide bonds. The number of fused-ring (bicyclic) bond motifs is 6. The van der Waals surface area contributed by atoms with Crippen LogP contribution in [0.3, 0.4) is 0 Å². The van der Waals surface area contributed by atoms with Gasteiger partial charge in [-0.1, -0.05) is 38.4 Å². The van der Waals surface area contributed by atoms with Crippen LogP contribution in [0.15, 0.2) is 23.4 Å². The predicted octanol–water partition coefficient (Wildman–Crippen LogP) is -0.960. The average Bonchev–Trinajstić information content (AvgIpc) is 1.59. The van der Waals surface area contributed by atoms with Crippen LogP contribution in [-0.2, 0) is 88.4 Å². The minimum atomic E-state index is -1.88. The Hall–Kier alpha value is -7.82. The number of nitrogens with zero attached hydrogens (tertiary/aromatic N) is 3. The zero-order chi connectivity index (χ0) is 70.9. The van der Waals surface area contributed by atoms with Crippen LogP contribution in [0.25, 0.3) is 0 Å². The van der Waals surface area contributed by atoms with Gasteiger partial charge in [-0.05, 0) is 127 Å². The first kappa shape index (κ1) is 80.6. The van der Waals surface area contributed by atoms with Crippen LogP contribution in [0.2, 0.25) is 0 Å². The molecule has 3 aliphatic rings. The maximum absolute atomic E-state index is 15.1. The number of hydrogen-bond donors (Lipinski definition) is 12. The number of oxime groups is 1. The summed E-state index contributed by atoms with van der Waals surface area (Å²) in [6.07, 6.45) is 2.17. The molecular weight excluding hydrogens is 1290 g/mol. The number of ether oxygens (including phenoxy) is 1. The first-order chi connectivity index (χ1) is 45.7. The molecule has 96 heavy (non-hydrogen) atoms. The number of nitrogens with two attached hydrogens (primary N) is 2. The van der Waals surface area contributed by atoms with Crippen molar-refractivity contribution >= 4 is 107 Å². The van der Waals surface area contributed by atoms with E-state index in [-0.39, 0.29) is 67.9 Å². The number of carbonyl (C=O) groups is 13. The summed E-state index contributed by atoms with van der Waals surface area (Å²) in [5.41, 5.74) is 13.0. The molecule has 536 valence electrons. The molecule has 32 nitrogen and oxygen atoms in total. The van der Waals surface area contributed by atoms with Crippen LogP contribution in [0.1, 0.15) is 142 Å². The molecule has 3 aliphatic heterocycles. The Labute approximate surface area is 567 Å². The molecule has 4 bridgehead atoms. The Morgan fingerprint density at radius 3 is 2.01 bits per heavy atom. The smallest absolute Gasteiger partial charge is 0.344 e. The summed E-state index contributed by atoms with van der Waals surface area (Å²) in [4.78, 5) is 197. The number of unbranched alkanes of at least 4 members (excludes halogenated alkanes) is 2. The quantitative estimate of drug-likeness (QED) is 0.0508. The Bertz CT molecular complexity index is 2850. The van der Waals surface area contributed by atoms with E-state index in [2.05, 4.69) is 57.5 Å². The van der Waals surface area contributed by atoms with Crippen molar-refractivity contribution < 1.29 is 91.9 Å². The van der Waals surface area contributed by atoms with Gasteiger partial charge in [0.15, 0.2) is 0 Å². The third-order valence-corrected chi connectivity index (χ3v) is 17.7. The molecule has 0 aromatic heterocycles. The summed E-state index contributed by atoms with van der Waals surface area (Å²) in [6, 6.07) is -7.79. The molecule has 1 saturated heterocycles. The molecule has 10 atom stereocenters. The van der Waals surface area contributed by atoms with E-state index in [1.165, 1.54) is 35.3 Å². The standard InChI is InChI=1S/C62H97N13O19S2/c1-7-8-21-74-31-50(78)66-37(4)55(83)68-43(18-19-51(79)80)57(85)71-46(54(64)82)34-95-32-39-26-40-28-41(27-39)92-23-13-9-10-14-24-93-65-30-49(77)67-42(16-11-12-20-63)56(84)72-47(35-96-33-40)61(89)75-22-15-17-48(75)60(88)70-44(25-36(2)3)58(86)69-45(29-52(81)94-91-6)59(87)73-53(38(5)76)62(74)90/h26-28,30,36-38,42-48,53,76H,7-25,29,31-35,63H2,1-6H3,(H2,64,82)(H,66,78)(H,67,77)(H,68,83)(H,69,86)(H,70,88)(H,71,85)(H,72,84)(H,73,87)(H,79,80)/b65-30+/t37-,38+,42-,43-,44-,45-,46-,47-,48-,53-/m0/s1. The number of carboxylic acids is 1. The van der Waals surface area contributed by atoms with E-state index in [1.54, 1.807) is 26.8 Å². The van der Waals surface area contributed by atoms with E-state index in [1.807, 2.05) is 12.1 Å². The van der Waals surface area contributed by atoms with Crippen molar-refractivity contribution in [3.63, 3.8) is 0 Å². The Morgan fingerprint density at radius 2 is 1.36 bits per heavy atom. The number of carbonyl (C=O) groups excluding carboxylic acids is 12. The van der Waals surface area contributed by atoms with Crippen LogP contribution >= 0.6 is 23.5 Å². The number of aliphatic hydroxyl groups is 1. The first-order valence-electron chi connectivity index (χ1n) is 32.5. The van der Waals surface area contributed by atoms with E-state index in [9.17, 15) is 67.7 Å². The fourth-order valence-electron chi connectivity index (χ4n) is 10.5. The van der Waals surface area contributed by atoms with Crippen molar-refractivity contribution in [2.75, 3.05) is 58.0 Å². The number of carboxylic acid groups (broad SMARTS) is 1. The number of aliphatic carboxylic acids is 1. The fourth-order valence-corrected chi connectivity index (χ4v) is 12.5. The molecule has 1 aromatic rings.